The van der Waals surface area contributed by atoms with Gasteiger partial charge in [0.2, 0.25) is 0 Å². The molecule has 3 heteroatoms. The van der Waals surface area contributed by atoms with Crippen molar-refractivity contribution < 1.29 is 0 Å². The predicted molar refractivity (Wildman–Crippen MR) is 50.1 cm³/mol. The molecular formula is C9H19N3. The average molecular weight is 169 g/mol. The van der Waals surface area contributed by atoms with Crippen LogP contribution in [0.25, 0.3) is 0 Å². The Morgan fingerprint density at radius 2 is 2.00 bits per heavy atom. The van der Waals surface area contributed by atoms with Gasteiger partial charge >= 0.3 is 0 Å². The van der Waals surface area contributed by atoms with Crippen LogP contribution in [0, 0.1) is 0 Å². The second-order valence-corrected chi connectivity index (χ2v) is 3.82. The molecule has 0 aromatic carbocycles. The van der Waals surface area contributed by atoms with Crippen LogP contribution in [-0.4, -0.2) is 43.8 Å². The maximum absolute atomic E-state index is 3.46. The molecule has 2 aliphatic rings. The van der Waals surface area contributed by atoms with Crippen LogP contribution >= 0.6 is 0 Å². The molecule has 2 heterocycles. The Bertz CT molecular complexity index is 110. The average Bonchev–Trinajstić information content (AvgIpc) is 2.21. The fourth-order valence-corrected chi connectivity index (χ4v) is 2.17. The van der Waals surface area contributed by atoms with Crippen LogP contribution in [0.3, 0.4) is 0 Å². The Morgan fingerprint density at radius 3 is 2.67 bits per heavy atom. The summed E-state index contributed by atoms with van der Waals surface area (Å²) in [6.45, 7) is 6.02. The molecule has 2 rings (SSSR count). The summed E-state index contributed by atoms with van der Waals surface area (Å²) in [6, 6.07) is 0.798. The molecule has 0 bridgehead atoms. The summed E-state index contributed by atoms with van der Waals surface area (Å²) >= 11 is 0. The number of hydrogen-bond donors (Lipinski definition) is 2. The van der Waals surface area contributed by atoms with E-state index >= 15 is 0 Å². The molecule has 0 amide bonds. The molecule has 2 aliphatic heterocycles. The molecule has 12 heavy (non-hydrogen) atoms. The lowest BCUT2D eigenvalue weighted by molar-refractivity contribution is 0.130. The fourth-order valence-electron chi connectivity index (χ4n) is 2.17. The van der Waals surface area contributed by atoms with E-state index in [9.17, 15) is 0 Å². The molecule has 0 saturated carbocycles. The van der Waals surface area contributed by atoms with E-state index in [1.54, 1.807) is 0 Å². The van der Waals surface area contributed by atoms with Gasteiger partial charge in [-0.25, -0.2) is 0 Å². The van der Waals surface area contributed by atoms with Crippen molar-refractivity contribution in [1.82, 2.24) is 15.5 Å². The molecule has 0 spiro atoms. The third-order valence-electron chi connectivity index (χ3n) is 2.90. The van der Waals surface area contributed by atoms with Gasteiger partial charge in [-0.1, -0.05) is 0 Å². The quantitative estimate of drug-likeness (QED) is 0.578. The van der Waals surface area contributed by atoms with E-state index in [0.717, 1.165) is 12.7 Å². The number of nitrogens with one attached hydrogen (secondary N) is 2. The number of piperidine rings is 1. The number of rotatable bonds is 1. The minimum atomic E-state index is 0.798. The molecule has 0 aromatic heterocycles. The van der Waals surface area contributed by atoms with Crippen LogP contribution in [0.4, 0.5) is 0 Å². The van der Waals surface area contributed by atoms with E-state index in [0.29, 0.717) is 0 Å². The Labute approximate surface area is 74.5 Å². The van der Waals surface area contributed by atoms with E-state index in [1.165, 1.54) is 45.4 Å². The van der Waals surface area contributed by atoms with Gasteiger partial charge in [-0.05, 0) is 32.4 Å². The number of nitrogens with zero attached hydrogens (tertiary/aromatic N) is 1. The second kappa shape index (κ2) is 4.21. The molecule has 3 nitrogen and oxygen atoms in total. The van der Waals surface area contributed by atoms with Crippen LogP contribution < -0.4 is 10.6 Å². The highest BCUT2D eigenvalue weighted by molar-refractivity contribution is 4.79. The molecule has 1 unspecified atom stereocenters. The smallest absolute Gasteiger partial charge is 0.0483 e. The van der Waals surface area contributed by atoms with Crippen LogP contribution in [0.2, 0.25) is 0 Å². The van der Waals surface area contributed by atoms with Gasteiger partial charge in [-0.15, -0.1) is 0 Å². The van der Waals surface area contributed by atoms with Gasteiger partial charge in [0.05, 0.1) is 0 Å². The SMILES string of the molecule is C1CNCC(N2CCCNC2)C1. The standard InChI is InChI=1S/C9H19N3/c1-3-9(7-10-4-1)12-6-2-5-11-8-12/h9-11H,1-8H2. The van der Waals surface area contributed by atoms with Gasteiger partial charge in [-0.2, -0.15) is 0 Å². The van der Waals surface area contributed by atoms with E-state index in [-0.39, 0.29) is 0 Å². The Balaban J connectivity index is 1.80. The zero-order chi connectivity index (χ0) is 8.23. The zero-order valence-corrected chi connectivity index (χ0v) is 7.68. The van der Waals surface area contributed by atoms with Gasteiger partial charge in [0.1, 0.15) is 0 Å². The third-order valence-corrected chi connectivity index (χ3v) is 2.90. The molecule has 2 N–H and O–H groups in total. The van der Waals surface area contributed by atoms with Crippen LogP contribution in [-0.2, 0) is 0 Å². The van der Waals surface area contributed by atoms with Crippen LogP contribution in [0.5, 0.6) is 0 Å². The van der Waals surface area contributed by atoms with Crippen molar-refractivity contribution in [2.24, 2.45) is 0 Å². The summed E-state index contributed by atoms with van der Waals surface area (Å²) < 4.78 is 0. The fraction of sp³-hybridized carbons (Fsp3) is 1.00. The highest BCUT2D eigenvalue weighted by Crippen LogP contribution is 2.11. The summed E-state index contributed by atoms with van der Waals surface area (Å²) in [5.41, 5.74) is 0. The topological polar surface area (TPSA) is 27.3 Å². The Hall–Kier alpha value is -0.120. The summed E-state index contributed by atoms with van der Waals surface area (Å²) in [5.74, 6) is 0. The first kappa shape index (κ1) is 8.48. The van der Waals surface area contributed by atoms with Crippen molar-refractivity contribution in [3.8, 4) is 0 Å². The van der Waals surface area contributed by atoms with E-state index in [1.807, 2.05) is 0 Å². The Kier molecular flexibility index (Phi) is 2.98. The Morgan fingerprint density at radius 1 is 1.08 bits per heavy atom. The summed E-state index contributed by atoms with van der Waals surface area (Å²) in [7, 11) is 0. The monoisotopic (exact) mass is 169 g/mol. The minimum absolute atomic E-state index is 0.798. The normalized spacial score (nSPS) is 33.5. The van der Waals surface area contributed by atoms with Crippen molar-refractivity contribution in [2.45, 2.75) is 25.3 Å². The third kappa shape index (κ3) is 1.97. The summed E-state index contributed by atoms with van der Waals surface area (Å²) in [4.78, 5) is 2.58. The van der Waals surface area contributed by atoms with Crippen molar-refractivity contribution in [3.63, 3.8) is 0 Å². The van der Waals surface area contributed by atoms with E-state index < -0.39 is 0 Å². The molecule has 0 aliphatic carbocycles. The largest absolute Gasteiger partial charge is 0.315 e. The first-order valence-electron chi connectivity index (χ1n) is 5.12. The lowest BCUT2D eigenvalue weighted by Gasteiger charge is -2.37. The van der Waals surface area contributed by atoms with E-state index in [4.69, 9.17) is 0 Å². The van der Waals surface area contributed by atoms with Gasteiger partial charge in [0, 0.05) is 25.8 Å². The lowest BCUT2D eigenvalue weighted by atomic mass is 10.1. The second-order valence-electron chi connectivity index (χ2n) is 3.82. The van der Waals surface area contributed by atoms with E-state index in [2.05, 4.69) is 15.5 Å². The molecule has 2 saturated heterocycles. The lowest BCUT2D eigenvalue weighted by Crippen LogP contribution is -2.52. The van der Waals surface area contributed by atoms with Gasteiger partial charge in [-0.3, -0.25) is 4.90 Å². The highest BCUT2D eigenvalue weighted by atomic mass is 15.3. The van der Waals surface area contributed by atoms with Crippen LogP contribution in [0.15, 0.2) is 0 Å². The minimum Gasteiger partial charge on any atom is -0.315 e. The number of hydrogen-bond acceptors (Lipinski definition) is 3. The molecular weight excluding hydrogens is 150 g/mol. The first-order valence-corrected chi connectivity index (χ1v) is 5.12. The molecule has 2 fully saturated rings. The van der Waals surface area contributed by atoms with Gasteiger partial charge in [0.25, 0.3) is 0 Å². The van der Waals surface area contributed by atoms with Crippen molar-refractivity contribution >= 4 is 0 Å². The van der Waals surface area contributed by atoms with Crippen molar-refractivity contribution in [2.75, 3.05) is 32.8 Å². The van der Waals surface area contributed by atoms with Crippen molar-refractivity contribution in [1.29, 1.82) is 0 Å². The maximum Gasteiger partial charge on any atom is 0.0483 e. The molecule has 0 radical (unpaired) electrons. The predicted octanol–water partition coefficient (Wildman–Crippen LogP) is -0.00880. The summed E-state index contributed by atoms with van der Waals surface area (Å²) in [6.07, 6.45) is 4.05. The molecule has 0 aromatic rings. The zero-order valence-electron chi connectivity index (χ0n) is 7.68. The molecule has 70 valence electrons. The molecule has 1 atom stereocenters. The van der Waals surface area contributed by atoms with Crippen molar-refractivity contribution in [3.05, 3.63) is 0 Å². The van der Waals surface area contributed by atoms with Crippen LogP contribution in [0.1, 0.15) is 19.3 Å². The van der Waals surface area contributed by atoms with Gasteiger partial charge in [0.15, 0.2) is 0 Å². The summed E-state index contributed by atoms with van der Waals surface area (Å²) in [5, 5.41) is 6.89. The first-order chi connectivity index (χ1) is 5.97. The highest BCUT2D eigenvalue weighted by Gasteiger charge is 2.21. The maximum atomic E-state index is 3.46. The van der Waals surface area contributed by atoms with Gasteiger partial charge < -0.3 is 10.6 Å².